The molecule has 35 heavy (non-hydrogen) atoms. The lowest BCUT2D eigenvalue weighted by Gasteiger charge is -2.21. The van der Waals surface area contributed by atoms with E-state index in [2.05, 4.69) is 30.5 Å². The molecule has 0 saturated carbocycles. The van der Waals surface area contributed by atoms with E-state index in [1.54, 1.807) is 28.4 Å². The summed E-state index contributed by atoms with van der Waals surface area (Å²) in [7, 11) is 1.87. The van der Waals surface area contributed by atoms with E-state index in [1.165, 1.54) is 6.07 Å². The van der Waals surface area contributed by atoms with E-state index in [0.29, 0.717) is 40.6 Å². The fourth-order valence-electron chi connectivity index (χ4n) is 6.08. The van der Waals surface area contributed by atoms with Crippen LogP contribution in [0.5, 0.6) is 0 Å². The molecule has 4 aromatic rings. The third-order valence-corrected chi connectivity index (χ3v) is 7.65. The Morgan fingerprint density at radius 2 is 2.03 bits per heavy atom. The molecule has 3 aliphatic rings. The van der Waals surface area contributed by atoms with Crippen molar-refractivity contribution in [1.29, 1.82) is 0 Å². The van der Waals surface area contributed by atoms with Gasteiger partial charge in [-0.3, -0.25) is 14.4 Å². The van der Waals surface area contributed by atoms with Gasteiger partial charge in [0, 0.05) is 87.1 Å². The van der Waals surface area contributed by atoms with Crippen molar-refractivity contribution in [2.75, 3.05) is 36.4 Å². The summed E-state index contributed by atoms with van der Waals surface area (Å²) in [5, 5.41) is 11.9. The number of halogens is 1. The highest BCUT2D eigenvalue weighted by Gasteiger charge is 2.54. The first kappa shape index (κ1) is 20.8. The third-order valence-electron chi connectivity index (χ3n) is 7.65. The summed E-state index contributed by atoms with van der Waals surface area (Å²) in [6, 6.07) is 7.15. The maximum Gasteiger partial charge on any atom is 0.257 e. The molecule has 0 aliphatic carbocycles. The number of pyridine rings is 1. The van der Waals surface area contributed by atoms with Gasteiger partial charge < -0.3 is 19.9 Å². The van der Waals surface area contributed by atoms with Gasteiger partial charge in [-0.25, -0.2) is 9.37 Å². The Labute approximate surface area is 201 Å². The van der Waals surface area contributed by atoms with Crippen LogP contribution in [-0.4, -0.2) is 74.3 Å². The molecule has 0 radical (unpaired) electrons. The predicted molar refractivity (Wildman–Crippen MR) is 131 cm³/mol. The fraction of sp³-hybridized carbons (Fsp3) is 0.400. The number of hydrogen-bond acceptors (Lipinski definition) is 6. The number of carbonyl (C=O) groups is 1. The lowest BCUT2D eigenvalue weighted by molar-refractivity contribution is 0.102. The summed E-state index contributed by atoms with van der Waals surface area (Å²) >= 11 is 0. The number of nitrogens with zero attached hydrogens (tertiary/aromatic N) is 6. The molecule has 10 heteroatoms. The predicted octanol–water partition coefficient (Wildman–Crippen LogP) is 2.16. The van der Waals surface area contributed by atoms with E-state index in [0.717, 1.165) is 43.7 Å². The quantitative estimate of drug-likeness (QED) is 0.441. The smallest absolute Gasteiger partial charge is 0.257 e. The molecular formula is C25H27FN8O. The molecule has 180 valence electrons. The van der Waals surface area contributed by atoms with E-state index >= 15 is 0 Å². The molecule has 0 bridgehead atoms. The molecule has 2 N–H and O–H groups in total. The van der Waals surface area contributed by atoms with Crippen LogP contribution in [0.15, 0.2) is 36.8 Å². The van der Waals surface area contributed by atoms with Crippen molar-refractivity contribution < 1.29 is 9.18 Å². The number of piperazine rings is 1. The van der Waals surface area contributed by atoms with Crippen molar-refractivity contribution in [3.05, 3.63) is 53.9 Å². The Morgan fingerprint density at radius 3 is 2.86 bits per heavy atom. The number of hydrogen-bond donors (Lipinski definition) is 2. The number of nitrogens with one attached hydrogen (secondary N) is 2. The second-order valence-corrected chi connectivity index (χ2v) is 9.97. The van der Waals surface area contributed by atoms with Gasteiger partial charge in [-0.2, -0.15) is 5.10 Å². The first-order valence-corrected chi connectivity index (χ1v) is 12.1. The maximum atomic E-state index is 14.5. The van der Waals surface area contributed by atoms with Gasteiger partial charge in [0.15, 0.2) is 11.5 Å². The number of fused-ring (bicyclic) bond motifs is 3. The highest BCUT2D eigenvalue weighted by atomic mass is 19.1. The van der Waals surface area contributed by atoms with Gasteiger partial charge >= 0.3 is 0 Å². The van der Waals surface area contributed by atoms with Gasteiger partial charge in [-0.1, -0.05) is 0 Å². The van der Waals surface area contributed by atoms with Crippen LogP contribution in [0.2, 0.25) is 0 Å². The number of imidazole rings is 1. The normalized spacial score (nSPS) is 25.5. The third kappa shape index (κ3) is 3.31. The van der Waals surface area contributed by atoms with E-state index in [4.69, 9.17) is 0 Å². The van der Waals surface area contributed by atoms with Crippen LogP contribution in [-0.2, 0) is 7.05 Å². The van der Waals surface area contributed by atoms with Crippen LogP contribution in [0, 0.1) is 12.7 Å². The molecule has 7 rings (SSSR count). The molecule has 3 aromatic heterocycles. The maximum absolute atomic E-state index is 14.5. The Balaban J connectivity index is 1.16. The summed E-state index contributed by atoms with van der Waals surface area (Å²) in [5.74, 6) is -0.802. The standard InChI is InChI=1S/C25H27FN8O/c1-14-10-33-11-15(7-19(26)24(33)28-14)29-25(35)17-3-4-20(18-13-31(2)30-23(17)18)32-6-5-16(12-32)34-21-8-27-9-22(21)34/h3-4,7,10-11,13,16,21-22,27H,5-6,8-9,12H2,1-2H3,(H,29,35). The van der Waals surface area contributed by atoms with Crippen molar-refractivity contribution in [3.63, 3.8) is 0 Å². The van der Waals surface area contributed by atoms with Crippen molar-refractivity contribution in [2.24, 2.45) is 7.05 Å². The second-order valence-electron chi connectivity index (χ2n) is 9.97. The van der Waals surface area contributed by atoms with Gasteiger partial charge in [0.05, 0.1) is 16.9 Å². The first-order valence-electron chi connectivity index (χ1n) is 12.1. The highest BCUT2D eigenvalue weighted by molar-refractivity contribution is 6.13. The number of amides is 1. The largest absolute Gasteiger partial charge is 0.369 e. The first-order chi connectivity index (χ1) is 17.0. The van der Waals surface area contributed by atoms with Crippen LogP contribution in [0.4, 0.5) is 15.8 Å². The van der Waals surface area contributed by atoms with E-state index in [9.17, 15) is 9.18 Å². The average Bonchev–Trinajstić information content (AvgIpc) is 3.38. The summed E-state index contributed by atoms with van der Waals surface area (Å²) in [5.41, 5.74) is 3.54. The zero-order valence-corrected chi connectivity index (χ0v) is 19.7. The number of anilines is 2. The molecule has 1 aromatic carbocycles. The van der Waals surface area contributed by atoms with Crippen LogP contribution in [0.25, 0.3) is 16.6 Å². The molecule has 6 heterocycles. The van der Waals surface area contributed by atoms with E-state index in [1.807, 2.05) is 25.4 Å². The lowest BCUT2D eigenvalue weighted by atomic mass is 10.1. The van der Waals surface area contributed by atoms with Crippen molar-refractivity contribution >= 4 is 33.8 Å². The minimum absolute atomic E-state index is 0.239. The highest BCUT2D eigenvalue weighted by Crippen LogP contribution is 2.39. The Kier molecular flexibility index (Phi) is 4.46. The number of aromatic nitrogens is 4. The molecule has 0 spiro atoms. The molecule has 9 nitrogen and oxygen atoms in total. The summed E-state index contributed by atoms with van der Waals surface area (Å²) in [4.78, 5) is 22.5. The molecule has 3 saturated heterocycles. The second kappa shape index (κ2) is 7.50. The number of benzene rings is 1. The number of rotatable bonds is 4. The summed E-state index contributed by atoms with van der Waals surface area (Å²) < 4.78 is 17.8. The van der Waals surface area contributed by atoms with Crippen LogP contribution < -0.4 is 15.5 Å². The Bertz CT molecular complexity index is 1480. The Morgan fingerprint density at radius 1 is 1.20 bits per heavy atom. The molecule has 3 fully saturated rings. The molecule has 3 aliphatic heterocycles. The summed E-state index contributed by atoms with van der Waals surface area (Å²) in [6.45, 7) is 6.00. The monoisotopic (exact) mass is 474 g/mol. The van der Waals surface area contributed by atoms with Crippen molar-refractivity contribution in [1.82, 2.24) is 29.4 Å². The Hall–Kier alpha value is -3.50. The van der Waals surface area contributed by atoms with Gasteiger partial charge in [-0.15, -0.1) is 0 Å². The van der Waals surface area contributed by atoms with Crippen molar-refractivity contribution in [3.8, 4) is 0 Å². The molecule has 3 atom stereocenters. The van der Waals surface area contributed by atoms with Gasteiger partial charge in [0.2, 0.25) is 0 Å². The number of carbonyl (C=O) groups excluding carboxylic acids is 1. The lowest BCUT2D eigenvalue weighted by Crippen LogP contribution is -2.33. The van der Waals surface area contributed by atoms with Gasteiger partial charge in [-0.05, 0) is 25.5 Å². The van der Waals surface area contributed by atoms with E-state index in [-0.39, 0.29) is 11.6 Å². The number of aryl methyl sites for hydroxylation is 2. The van der Waals surface area contributed by atoms with Gasteiger partial charge in [0.1, 0.15) is 5.52 Å². The van der Waals surface area contributed by atoms with E-state index < -0.39 is 5.82 Å². The SMILES string of the molecule is Cc1cn2cc(NC(=O)c3ccc(N4CCC(N5C6CNCC65)C4)c4cn(C)nc34)cc(F)c2n1. The fourth-order valence-corrected chi connectivity index (χ4v) is 6.08. The van der Waals surface area contributed by atoms with Crippen LogP contribution in [0.1, 0.15) is 22.5 Å². The minimum atomic E-state index is -0.482. The molecule has 3 unspecified atom stereocenters. The average molecular weight is 475 g/mol. The summed E-state index contributed by atoms with van der Waals surface area (Å²) in [6.07, 6.45) is 6.53. The van der Waals surface area contributed by atoms with Crippen LogP contribution >= 0.6 is 0 Å². The zero-order chi connectivity index (χ0) is 23.8. The zero-order valence-electron chi connectivity index (χ0n) is 19.7. The molecular weight excluding hydrogens is 447 g/mol. The van der Waals surface area contributed by atoms with Gasteiger partial charge in [0.25, 0.3) is 5.91 Å². The van der Waals surface area contributed by atoms with Crippen LogP contribution in [0.3, 0.4) is 0 Å². The minimum Gasteiger partial charge on any atom is -0.369 e. The topological polar surface area (TPSA) is 82.5 Å². The molecule has 1 amide bonds. The van der Waals surface area contributed by atoms with Crippen molar-refractivity contribution in [2.45, 2.75) is 31.5 Å².